The molecule has 0 bridgehead atoms. The minimum absolute atomic E-state index is 0.669. The maximum Gasteiger partial charge on any atom is 0.126 e. The number of hydrogen-bond acceptors (Lipinski definition) is 4. The maximum atomic E-state index is 5.26. The number of likely N-dealkylation sites (tertiary alicyclic amines) is 1. The van der Waals surface area contributed by atoms with E-state index in [4.69, 9.17) is 4.74 Å². The molecule has 1 aliphatic heterocycles. The minimum atomic E-state index is 0.669. The summed E-state index contributed by atoms with van der Waals surface area (Å²) in [7, 11) is 1.72. The van der Waals surface area contributed by atoms with E-state index in [-0.39, 0.29) is 0 Å². The Balaban J connectivity index is 1.24. The molecule has 0 saturated carbocycles. The molecule has 0 spiro atoms. The molecule has 2 heterocycles. The fourth-order valence-electron chi connectivity index (χ4n) is 3.87. The normalized spacial score (nSPS) is 15.7. The first-order valence-electron chi connectivity index (χ1n) is 9.78. The third kappa shape index (κ3) is 4.40. The monoisotopic (exact) mass is 361 g/mol. The molecule has 0 atom stereocenters. The first-order valence-corrected chi connectivity index (χ1v) is 9.78. The highest BCUT2D eigenvalue weighted by Gasteiger charge is 2.20. The van der Waals surface area contributed by atoms with Gasteiger partial charge in [-0.15, -0.1) is 0 Å². The quantitative estimate of drug-likeness (QED) is 0.700. The summed E-state index contributed by atoms with van der Waals surface area (Å²) in [5.41, 5.74) is 2.48. The summed E-state index contributed by atoms with van der Waals surface area (Å²) in [4.78, 5) is 7.23. The van der Waals surface area contributed by atoms with Crippen LogP contribution >= 0.6 is 0 Å². The summed E-state index contributed by atoms with van der Waals surface area (Å²) in [6.07, 6.45) is 2.45. The fourth-order valence-corrected chi connectivity index (χ4v) is 3.87. The molecule has 1 aromatic heterocycles. The predicted molar refractivity (Wildman–Crippen MR) is 112 cm³/mol. The standard InChI is InChI=1S/C23H27N3O/c1-27-21-9-6-18(7-10-21)19-12-15-26(16-13-19)17-14-24-23-11-8-20-4-2-3-5-22(20)25-23/h2-11,19H,12-17H2,1H3,(H,24,25). The van der Waals surface area contributed by atoms with Crippen LogP contribution in [0.25, 0.3) is 10.9 Å². The van der Waals surface area contributed by atoms with Crippen LogP contribution in [-0.2, 0) is 0 Å². The number of aromatic nitrogens is 1. The van der Waals surface area contributed by atoms with Crippen molar-refractivity contribution in [2.24, 2.45) is 0 Å². The van der Waals surface area contributed by atoms with Crippen molar-refractivity contribution in [1.29, 1.82) is 0 Å². The molecule has 0 amide bonds. The Hall–Kier alpha value is -2.59. The molecule has 0 aliphatic carbocycles. The van der Waals surface area contributed by atoms with Crippen LogP contribution in [-0.4, -0.2) is 43.2 Å². The summed E-state index contributed by atoms with van der Waals surface area (Å²) in [5.74, 6) is 2.56. The molecule has 2 aromatic carbocycles. The van der Waals surface area contributed by atoms with Crippen molar-refractivity contribution in [3.63, 3.8) is 0 Å². The van der Waals surface area contributed by atoms with Crippen LogP contribution in [0.2, 0.25) is 0 Å². The number of benzene rings is 2. The zero-order chi connectivity index (χ0) is 18.5. The van der Waals surface area contributed by atoms with Crippen LogP contribution in [0.1, 0.15) is 24.3 Å². The number of para-hydroxylation sites is 1. The second kappa shape index (κ2) is 8.40. The van der Waals surface area contributed by atoms with Crippen LogP contribution in [0.5, 0.6) is 5.75 Å². The maximum absolute atomic E-state index is 5.26. The van der Waals surface area contributed by atoms with Gasteiger partial charge in [-0.2, -0.15) is 0 Å². The minimum Gasteiger partial charge on any atom is -0.497 e. The van der Waals surface area contributed by atoms with E-state index in [1.54, 1.807) is 7.11 Å². The Morgan fingerprint density at radius 2 is 1.78 bits per heavy atom. The highest BCUT2D eigenvalue weighted by molar-refractivity contribution is 5.80. The molecule has 3 aromatic rings. The Morgan fingerprint density at radius 1 is 1.00 bits per heavy atom. The third-order valence-corrected chi connectivity index (χ3v) is 5.51. The van der Waals surface area contributed by atoms with Gasteiger partial charge in [0.15, 0.2) is 0 Å². The fraction of sp³-hybridized carbons (Fsp3) is 0.348. The number of pyridine rings is 1. The van der Waals surface area contributed by atoms with Crippen molar-refractivity contribution in [1.82, 2.24) is 9.88 Å². The number of anilines is 1. The Bertz CT molecular complexity index is 870. The van der Waals surface area contributed by atoms with Gasteiger partial charge in [-0.3, -0.25) is 0 Å². The van der Waals surface area contributed by atoms with Gasteiger partial charge in [0.1, 0.15) is 11.6 Å². The smallest absolute Gasteiger partial charge is 0.126 e. The van der Waals surface area contributed by atoms with E-state index >= 15 is 0 Å². The third-order valence-electron chi connectivity index (χ3n) is 5.51. The number of piperidine rings is 1. The lowest BCUT2D eigenvalue weighted by Gasteiger charge is -2.32. The highest BCUT2D eigenvalue weighted by atomic mass is 16.5. The molecule has 1 aliphatic rings. The van der Waals surface area contributed by atoms with Gasteiger partial charge in [-0.05, 0) is 67.7 Å². The Labute approximate surface area is 161 Å². The number of methoxy groups -OCH3 is 1. The number of fused-ring (bicyclic) bond motifs is 1. The van der Waals surface area contributed by atoms with Crippen molar-refractivity contribution in [3.05, 3.63) is 66.2 Å². The number of nitrogens with zero attached hydrogens (tertiary/aromatic N) is 2. The predicted octanol–water partition coefficient (Wildman–Crippen LogP) is 4.53. The van der Waals surface area contributed by atoms with Gasteiger partial charge in [-0.1, -0.05) is 30.3 Å². The number of hydrogen-bond donors (Lipinski definition) is 1. The Kier molecular flexibility index (Phi) is 5.54. The molecule has 0 radical (unpaired) electrons. The summed E-state index contributed by atoms with van der Waals surface area (Å²) >= 11 is 0. The second-order valence-corrected chi connectivity index (χ2v) is 7.21. The average Bonchev–Trinajstić information content (AvgIpc) is 2.74. The van der Waals surface area contributed by atoms with E-state index in [2.05, 4.69) is 63.7 Å². The van der Waals surface area contributed by atoms with Gasteiger partial charge < -0.3 is 15.0 Å². The Morgan fingerprint density at radius 3 is 2.56 bits per heavy atom. The molecule has 140 valence electrons. The topological polar surface area (TPSA) is 37.4 Å². The summed E-state index contributed by atoms with van der Waals surface area (Å²) in [6.45, 7) is 4.30. The molecule has 1 saturated heterocycles. The highest BCUT2D eigenvalue weighted by Crippen LogP contribution is 2.29. The summed E-state index contributed by atoms with van der Waals surface area (Å²) in [5, 5.41) is 4.66. The molecular formula is C23H27N3O. The van der Waals surface area contributed by atoms with E-state index in [0.29, 0.717) is 5.92 Å². The van der Waals surface area contributed by atoms with Crippen LogP contribution in [0.15, 0.2) is 60.7 Å². The lowest BCUT2D eigenvalue weighted by Crippen LogP contribution is -2.36. The van der Waals surface area contributed by atoms with Crippen molar-refractivity contribution in [2.75, 3.05) is 38.6 Å². The number of rotatable bonds is 6. The van der Waals surface area contributed by atoms with Gasteiger partial charge in [0, 0.05) is 18.5 Å². The van der Waals surface area contributed by atoms with Gasteiger partial charge in [0.25, 0.3) is 0 Å². The average molecular weight is 361 g/mol. The molecule has 4 heteroatoms. The van der Waals surface area contributed by atoms with E-state index in [1.165, 1.54) is 23.8 Å². The number of ether oxygens (including phenoxy) is 1. The van der Waals surface area contributed by atoms with E-state index < -0.39 is 0 Å². The molecule has 4 nitrogen and oxygen atoms in total. The molecule has 0 unspecified atom stereocenters. The summed E-state index contributed by atoms with van der Waals surface area (Å²) in [6, 6.07) is 21.0. The van der Waals surface area contributed by atoms with E-state index in [0.717, 1.165) is 43.3 Å². The zero-order valence-electron chi connectivity index (χ0n) is 15.9. The molecule has 27 heavy (non-hydrogen) atoms. The lowest BCUT2D eigenvalue weighted by molar-refractivity contribution is 0.219. The SMILES string of the molecule is COc1ccc(C2CCN(CCNc3ccc4ccccc4n3)CC2)cc1. The van der Waals surface area contributed by atoms with Crippen molar-refractivity contribution >= 4 is 16.7 Å². The zero-order valence-corrected chi connectivity index (χ0v) is 15.9. The first kappa shape index (κ1) is 17.8. The van der Waals surface area contributed by atoms with Gasteiger partial charge in [0.05, 0.1) is 12.6 Å². The molecular weight excluding hydrogens is 334 g/mol. The molecule has 1 fully saturated rings. The van der Waals surface area contributed by atoms with Crippen LogP contribution in [0.4, 0.5) is 5.82 Å². The number of nitrogens with one attached hydrogen (secondary N) is 1. The van der Waals surface area contributed by atoms with Gasteiger partial charge >= 0.3 is 0 Å². The summed E-state index contributed by atoms with van der Waals surface area (Å²) < 4.78 is 5.26. The first-order chi connectivity index (χ1) is 13.3. The van der Waals surface area contributed by atoms with Crippen LogP contribution < -0.4 is 10.1 Å². The molecule has 4 rings (SSSR count). The van der Waals surface area contributed by atoms with Crippen molar-refractivity contribution in [3.8, 4) is 5.75 Å². The largest absolute Gasteiger partial charge is 0.497 e. The van der Waals surface area contributed by atoms with E-state index in [1.807, 2.05) is 12.1 Å². The van der Waals surface area contributed by atoms with Crippen LogP contribution in [0.3, 0.4) is 0 Å². The van der Waals surface area contributed by atoms with Crippen LogP contribution in [0, 0.1) is 0 Å². The van der Waals surface area contributed by atoms with Gasteiger partial charge in [0.2, 0.25) is 0 Å². The molecule has 1 N–H and O–H groups in total. The van der Waals surface area contributed by atoms with Crippen molar-refractivity contribution in [2.45, 2.75) is 18.8 Å². The van der Waals surface area contributed by atoms with E-state index in [9.17, 15) is 0 Å². The lowest BCUT2D eigenvalue weighted by atomic mass is 9.89. The van der Waals surface area contributed by atoms with Crippen molar-refractivity contribution < 1.29 is 4.74 Å². The second-order valence-electron chi connectivity index (χ2n) is 7.21. The van der Waals surface area contributed by atoms with Gasteiger partial charge in [-0.25, -0.2) is 4.98 Å².